The smallest absolute Gasteiger partial charge is 0.344 e. The molecule has 2 heterocycles. The largest absolute Gasteiger partial charge is 0.477 e. The topological polar surface area (TPSA) is 70.4 Å². The summed E-state index contributed by atoms with van der Waals surface area (Å²) in [5.41, 5.74) is 3.75. The molecule has 0 N–H and O–H groups in total. The van der Waals surface area contributed by atoms with Crippen molar-refractivity contribution in [2.75, 3.05) is 13.2 Å². The average molecular weight is 392 g/mol. The Morgan fingerprint density at radius 3 is 2.52 bits per heavy atom. The van der Waals surface area contributed by atoms with Gasteiger partial charge in [0.1, 0.15) is 5.56 Å². The summed E-state index contributed by atoms with van der Waals surface area (Å²) < 4.78 is 12.7. The lowest BCUT2D eigenvalue weighted by Crippen LogP contribution is -2.16. The number of ether oxygens (including phenoxy) is 2. The molecule has 3 aromatic rings. The molecular formula is C23H24N2O4. The number of hydrogen-bond donors (Lipinski definition) is 0. The molecule has 0 fully saturated rings. The van der Waals surface area contributed by atoms with Crippen LogP contribution in [0.15, 0.2) is 54.7 Å². The molecule has 3 rings (SSSR count). The Bertz CT molecular complexity index is 1010. The van der Waals surface area contributed by atoms with E-state index in [0.717, 1.165) is 17.0 Å². The highest BCUT2D eigenvalue weighted by atomic mass is 16.5. The standard InChI is InChI=1S/C23H24N2O4/c1-4-28-22-19(11-8-12-24-22)23(27)29-15-21(26)20-13-16(2)25(17(20)3)14-18-9-6-5-7-10-18/h5-13H,4,14-15H2,1-3H3. The van der Waals surface area contributed by atoms with Gasteiger partial charge in [-0.1, -0.05) is 30.3 Å². The maximum atomic E-state index is 12.7. The van der Waals surface area contributed by atoms with Crippen molar-refractivity contribution in [3.05, 3.63) is 82.8 Å². The molecule has 0 amide bonds. The second kappa shape index (κ2) is 9.19. The van der Waals surface area contributed by atoms with Gasteiger partial charge >= 0.3 is 5.97 Å². The minimum atomic E-state index is -0.631. The van der Waals surface area contributed by atoms with Gasteiger partial charge in [0.15, 0.2) is 6.61 Å². The lowest BCUT2D eigenvalue weighted by Gasteiger charge is -2.10. The first-order chi connectivity index (χ1) is 14.0. The van der Waals surface area contributed by atoms with Crippen LogP contribution in [0.4, 0.5) is 0 Å². The van der Waals surface area contributed by atoms with Crippen molar-refractivity contribution in [1.29, 1.82) is 0 Å². The molecule has 0 saturated carbocycles. The van der Waals surface area contributed by atoms with Gasteiger partial charge in [0.05, 0.1) is 6.61 Å². The van der Waals surface area contributed by atoms with E-state index in [1.807, 2.05) is 50.2 Å². The van der Waals surface area contributed by atoms with Crippen molar-refractivity contribution >= 4 is 11.8 Å². The van der Waals surface area contributed by atoms with Crippen LogP contribution in [0.5, 0.6) is 5.88 Å². The summed E-state index contributed by atoms with van der Waals surface area (Å²) >= 11 is 0. The third-order valence-electron chi connectivity index (χ3n) is 4.66. The first-order valence-corrected chi connectivity index (χ1v) is 9.50. The fourth-order valence-corrected chi connectivity index (χ4v) is 3.18. The predicted octanol–water partition coefficient (Wildman–Crippen LogP) is 3.99. The van der Waals surface area contributed by atoms with Gasteiger partial charge in [-0.15, -0.1) is 0 Å². The van der Waals surface area contributed by atoms with Crippen LogP contribution in [0, 0.1) is 13.8 Å². The second-order valence-corrected chi connectivity index (χ2v) is 6.64. The lowest BCUT2D eigenvalue weighted by atomic mass is 10.1. The van der Waals surface area contributed by atoms with Crippen molar-refractivity contribution in [1.82, 2.24) is 9.55 Å². The lowest BCUT2D eigenvalue weighted by molar-refractivity contribution is 0.0469. The van der Waals surface area contributed by atoms with E-state index < -0.39 is 5.97 Å². The van der Waals surface area contributed by atoms with E-state index in [4.69, 9.17) is 9.47 Å². The molecule has 0 aliphatic heterocycles. The normalized spacial score (nSPS) is 10.6. The minimum absolute atomic E-state index is 0.202. The summed E-state index contributed by atoms with van der Waals surface area (Å²) in [4.78, 5) is 29.1. The summed E-state index contributed by atoms with van der Waals surface area (Å²) in [5.74, 6) is -0.672. The van der Waals surface area contributed by atoms with Gasteiger partial charge < -0.3 is 14.0 Å². The number of Topliss-reactive ketones (excluding diaryl/α,β-unsaturated/α-hetero) is 1. The zero-order valence-electron chi connectivity index (χ0n) is 16.8. The molecule has 0 atom stereocenters. The molecule has 1 aromatic carbocycles. The van der Waals surface area contributed by atoms with Crippen LogP contribution in [0.3, 0.4) is 0 Å². The van der Waals surface area contributed by atoms with Gasteiger partial charge in [-0.2, -0.15) is 0 Å². The number of nitrogens with zero attached hydrogens (tertiary/aromatic N) is 2. The fourth-order valence-electron chi connectivity index (χ4n) is 3.18. The van der Waals surface area contributed by atoms with Crippen LogP contribution in [0.25, 0.3) is 0 Å². The quantitative estimate of drug-likeness (QED) is 0.428. The van der Waals surface area contributed by atoms with Crippen LogP contribution >= 0.6 is 0 Å². The van der Waals surface area contributed by atoms with E-state index in [-0.39, 0.29) is 23.8 Å². The molecule has 0 saturated heterocycles. The van der Waals surface area contributed by atoms with Crippen molar-refractivity contribution in [2.45, 2.75) is 27.3 Å². The van der Waals surface area contributed by atoms with Gasteiger partial charge in [0.2, 0.25) is 11.7 Å². The zero-order valence-corrected chi connectivity index (χ0v) is 16.8. The number of esters is 1. The Morgan fingerprint density at radius 1 is 1.03 bits per heavy atom. The zero-order chi connectivity index (χ0) is 20.8. The number of carbonyl (C=O) groups is 2. The molecule has 0 radical (unpaired) electrons. The Balaban J connectivity index is 1.70. The Hall–Kier alpha value is -3.41. The minimum Gasteiger partial charge on any atom is -0.477 e. The number of aromatic nitrogens is 2. The van der Waals surface area contributed by atoms with E-state index >= 15 is 0 Å². The summed E-state index contributed by atoms with van der Waals surface area (Å²) in [5, 5.41) is 0. The molecule has 2 aromatic heterocycles. The average Bonchev–Trinajstić information content (AvgIpc) is 3.01. The molecule has 0 unspecified atom stereocenters. The Labute approximate surface area is 170 Å². The molecule has 6 heteroatoms. The molecule has 29 heavy (non-hydrogen) atoms. The number of carbonyl (C=O) groups excluding carboxylic acids is 2. The van der Waals surface area contributed by atoms with Gasteiger partial charge in [0.25, 0.3) is 0 Å². The number of hydrogen-bond acceptors (Lipinski definition) is 5. The monoisotopic (exact) mass is 392 g/mol. The van der Waals surface area contributed by atoms with Crippen LogP contribution in [-0.2, 0) is 11.3 Å². The maximum Gasteiger partial charge on any atom is 0.344 e. The fraction of sp³-hybridized carbons (Fsp3) is 0.261. The van der Waals surface area contributed by atoms with E-state index in [1.165, 1.54) is 6.20 Å². The summed E-state index contributed by atoms with van der Waals surface area (Å²) in [6.07, 6.45) is 1.54. The van der Waals surface area contributed by atoms with E-state index in [0.29, 0.717) is 18.7 Å². The molecule has 150 valence electrons. The van der Waals surface area contributed by atoms with Crippen LogP contribution in [-0.4, -0.2) is 34.5 Å². The number of benzene rings is 1. The summed E-state index contributed by atoms with van der Waals surface area (Å²) in [6, 6.07) is 15.1. The summed E-state index contributed by atoms with van der Waals surface area (Å²) in [6.45, 7) is 6.39. The molecule has 0 aliphatic rings. The van der Waals surface area contributed by atoms with Crippen LogP contribution < -0.4 is 4.74 Å². The SMILES string of the molecule is CCOc1ncccc1C(=O)OCC(=O)c1cc(C)n(Cc2ccccc2)c1C. The molecule has 6 nitrogen and oxygen atoms in total. The molecule has 0 spiro atoms. The third kappa shape index (κ3) is 4.71. The molecule has 0 bridgehead atoms. The highest BCUT2D eigenvalue weighted by Gasteiger charge is 2.20. The van der Waals surface area contributed by atoms with E-state index in [2.05, 4.69) is 9.55 Å². The summed E-state index contributed by atoms with van der Waals surface area (Å²) in [7, 11) is 0. The highest BCUT2D eigenvalue weighted by Crippen LogP contribution is 2.19. The number of rotatable bonds is 8. The van der Waals surface area contributed by atoms with Gasteiger partial charge in [0, 0.05) is 29.7 Å². The molecule has 0 aliphatic carbocycles. The van der Waals surface area contributed by atoms with Crippen molar-refractivity contribution in [3.63, 3.8) is 0 Å². The van der Waals surface area contributed by atoms with Gasteiger partial charge in [-0.25, -0.2) is 9.78 Å². The first kappa shape index (κ1) is 20.3. The highest BCUT2D eigenvalue weighted by molar-refractivity contribution is 6.00. The second-order valence-electron chi connectivity index (χ2n) is 6.64. The van der Waals surface area contributed by atoms with Gasteiger partial charge in [-0.3, -0.25) is 4.79 Å². The Morgan fingerprint density at radius 2 is 1.79 bits per heavy atom. The predicted molar refractivity (Wildman–Crippen MR) is 109 cm³/mol. The number of pyridine rings is 1. The molecular weight excluding hydrogens is 368 g/mol. The van der Waals surface area contributed by atoms with Gasteiger partial charge in [-0.05, 0) is 44.5 Å². The van der Waals surface area contributed by atoms with Crippen LogP contribution in [0.2, 0.25) is 0 Å². The maximum absolute atomic E-state index is 12.7. The van der Waals surface area contributed by atoms with E-state index in [1.54, 1.807) is 19.1 Å². The van der Waals surface area contributed by atoms with E-state index in [9.17, 15) is 9.59 Å². The van der Waals surface area contributed by atoms with Crippen LogP contribution in [0.1, 0.15) is 44.6 Å². The Kier molecular flexibility index (Phi) is 6.44. The van der Waals surface area contributed by atoms with Crippen molar-refractivity contribution in [2.24, 2.45) is 0 Å². The van der Waals surface area contributed by atoms with Crippen molar-refractivity contribution in [3.8, 4) is 5.88 Å². The third-order valence-corrected chi connectivity index (χ3v) is 4.66. The number of aryl methyl sites for hydroxylation is 1. The first-order valence-electron chi connectivity index (χ1n) is 9.50. The number of ketones is 1. The van der Waals surface area contributed by atoms with Crippen molar-refractivity contribution < 1.29 is 19.1 Å².